The Morgan fingerprint density at radius 1 is 1.26 bits per heavy atom. The van der Waals surface area contributed by atoms with E-state index in [1.165, 1.54) is 6.42 Å². The topological polar surface area (TPSA) is 36.1 Å². The fraction of sp³-hybridized carbons (Fsp3) is 0.438. The van der Waals surface area contributed by atoms with E-state index in [1.54, 1.807) is 0 Å². The van der Waals surface area contributed by atoms with E-state index in [4.69, 9.17) is 0 Å². The second-order valence-corrected chi connectivity index (χ2v) is 5.61. The Morgan fingerprint density at radius 3 is 3.05 bits per heavy atom. The lowest BCUT2D eigenvalue weighted by molar-refractivity contribution is 0.0760. The third-order valence-electron chi connectivity index (χ3n) is 4.10. The molecule has 1 amide bonds. The zero-order valence-electron chi connectivity index (χ0n) is 11.4. The van der Waals surface area contributed by atoms with Crippen LogP contribution in [0.3, 0.4) is 0 Å². The van der Waals surface area contributed by atoms with Crippen LogP contribution in [-0.4, -0.2) is 28.9 Å². The van der Waals surface area contributed by atoms with Gasteiger partial charge in [0.1, 0.15) is 0 Å². The van der Waals surface area contributed by atoms with Crippen molar-refractivity contribution in [3.63, 3.8) is 0 Å². The normalized spacial score (nSPS) is 20.5. The highest BCUT2D eigenvalue weighted by Crippen LogP contribution is 2.20. The Kier molecular flexibility index (Phi) is 3.28. The van der Waals surface area contributed by atoms with Crippen LogP contribution in [0.2, 0.25) is 0 Å². The molecule has 1 aliphatic rings. The molecule has 0 spiro atoms. The van der Waals surface area contributed by atoms with E-state index >= 15 is 0 Å². The molecule has 19 heavy (non-hydrogen) atoms. The predicted octanol–water partition coefficient (Wildman–Crippen LogP) is 3.43. The molecule has 1 saturated heterocycles. The van der Waals surface area contributed by atoms with Crippen molar-refractivity contribution in [1.29, 1.82) is 0 Å². The monoisotopic (exact) mass is 256 g/mol. The average molecular weight is 256 g/mol. The van der Waals surface area contributed by atoms with Crippen LogP contribution in [-0.2, 0) is 0 Å². The molecule has 1 unspecified atom stereocenters. The number of carbonyl (C=O) groups is 1. The van der Waals surface area contributed by atoms with E-state index in [0.29, 0.717) is 0 Å². The molecule has 3 rings (SSSR count). The summed E-state index contributed by atoms with van der Waals surface area (Å²) in [5.41, 5.74) is 1.89. The van der Waals surface area contributed by atoms with Gasteiger partial charge in [-0.05, 0) is 49.4 Å². The van der Waals surface area contributed by atoms with Crippen LogP contribution in [0.15, 0.2) is 30.5 Å². The van der Waals surface area contributed by atoms with Crippen molar-refractivity contribution in [3.8, 4) is 0 Å². The molecule has 0 radical (unpaired) electrons. The SMILES string of the molecule is CC1CCCN(C(=O)c2ccc3[nH]ccc3c2)CC1. The fourth-order valence-corrected chi connectivity index (χ4v) is 2.83. The van der Waals surface area contributed by atoms with Crippen LogP contribution in [0.4, 0.5) is 0 Å². The second kappa shape index (κ2) is 5.08. The standard InChI is InChI=1S/C16H20N2O/c1-12-3-2-9-18(10-7-12)16(19)14-4-5-15-13(11-14)6-8-17-15/h4-6,8,11-12,17H,2-3,7,9-10H2,1H3. The zero-order valence-corrected chi connectivity index (χ0v) is 11.4. The molecule has 0 bridgehead atoms. The lowest BCUT2D eigenvalue weighted by atomic mass is 10.0. The molecule has 1 aromatic carbocycles. The Labute approximate surface area is 113 Å². The summed E-state index contributed by atoms with van der Waals surface area (Å²) in [6, 6.07) is 7.91. The molecular weight excluding hydrogens is 236 g/mol. The summed E-state index contributed by atoms with van der Waals surface area (Å²) in [5, 5.41) is 1.11. The Balaban J connectivity index is 1.82. The van der Waals surface area contributed by atoms with Gasteiger partial charge in [-0.25, -0.2) is 0 Å². The van der Waals surface area contributed by atoms with Crippen LogP contribution in [0.5, 0.6) is 0 Å². The number of aromatic amines is 1. The second-order valence-electron chi connectivity index (χ2n) is 5.61. The van der Waals surface area contributed by atoms with Crippen molar-refractivity contribution < 1.29 is 4.79 Å². The molecule has 1 N–H and O–H groups in total. The zero-order chi connectivity index (χ0) is 13.2. The van der Waals surface area contributed by atoms with E-state index in [1.807, 2.05) is 35.4 Å². The average Bonchev–Trinajstić information content (AvgIpc) is 2.78. The Morgan fingerprint density at radius 2 is 2.16 bits per heavy atom. The minimum absolute atomic E-state index is 0.178. The van der Waals surface area contributed by atoms with Gasteiger partial charge >= 0.3 is 0 Å². The summed E-state index contributed by atoms with van der Waals surface area (Å²) < 4.78 is 0. The maximum atomic E-state index is 12.5. The van der Waals surface area contributed by atoms with Gasteiger partial charge in [-0.15, -0.1) is 0 Å². The number of nitrogens with one attached hydrogen (secondary N) is 1. The predicted molar refractivity (Wildman–Crippen MR) is 77.2 cm³/mol. The molecule has 2 aromatic rings. The van der Waals surface area contributed by atoms with Crippen molar-refractivity contribution in [1.82, 2.24) is 9.88 Å². The van der Waals surface area contributed by atoms with Gasteiger partial charge in [0.05, 0.1) is 0 Å². The molecule has 2 heterocycles. The summed E-state index contributed by atoms with van der Waals surface area (Å²) in [4.78, 5) is 17.7. The van der Waals surface area contributed by atoms with Crippen molar-refractivity contribution in [3.05, 3.63) is 36.0 Å². The maximum absolute atomic E-state index is 12.5. The van der Waals surface area contributed by atoms with E-state index < -0.39 is 0 Å². The maximum Gasteiger partial charge on any atom is 0.253 e. The molecule has 0 aliphatic carbocycles. The number of carbonyl (C=O) groups excluding carboxylic acids is 1. The number of nitrogens with zero attached hydrogens (tertiary/aromatic N) is 1. The first kappa shape index (κ1) is 12.3. The van der Waals surface area contributed by atoms with E-state index in [2.05, 4.69) is 11.9 Å². The Hall–Kier alpha value is -1.77. The third kappa shape index (κ3) is 2.50. The molecule has 3 heteroatoms. The number of hydrogen-bond acceptors (Lipinski definition) is 1. The summed E-state index contributed by atoms with van der Waals surface area (Å²) in [5.74, 6) is 0.919. The number of likely N-dealkylation sites (tertiary alicyclic amines) is 1. The summed E-state index contributed by atoms with van der Waals surface area (Å²) in [6.45, 7) is 4.07. The summed E-state index contributed by atoms with van der Waals surface area (Å²) in [7, 11) is 0. The van der Waals surface area contributed by atoms with E-state index in [9.17, 15) is 4.79 Å². The van der Waals surface area contributed by atoms with Crippen molar-refractivity contribution >= 4 is 16.8 Å². The highest BCUT2D eigenvalue weighted by atomic mass is 16.2. The van der Waals surface area contributed by atoms with Crippen LogP contribution >= 0.6 is 0 Å². The minimum atomic E-state index is 0.178. The quantitative estimate of drug-likeness (QED) is 0.833. The number of fused-ring (bicyclic) bond motifs is 1. The molecule has 3 nitrogen and oxygen atoms in total. The van der Waals surface area contributed by atoms with Gasteiger partial charge in [0.2, 0.25) is 0 Å². The van der Waals surface area contributed by atoms with Gasteiger partial charge < -0.3 is 9.88 Å². The Bertz CT molecular complexity index is 587. The molecule has 1 atom stereocenters. The van der Waals surface area contributed by atoms with Crippen LogP contribution in [0.25, 0.3) is 10.9 Å². The van der Waals surface area contributed by atoms with Crippen LogP contribution in [0, 0.1) is 5.92 Å². The number of aromatic nitrogens is 1. The van der Waals surface area contributed by atoms with Gasteiger partial charge in [0, 0.05) is 35.8 Å². The summed E-state index contributed by atoms with van der Waals surface area (Å²) in [6.07, 6.45) is 5.39. The molecule has 100 valence electrons. The van der Waals surface area contributed by atoms with Crippen molar-refractivity contribution in [2.75, 3.05) is 13.1 Å². The molecule has 1 aliphatic heterocycles. The first-order valence-corrected chi connectivity index (χ1v) is 7.10. The lowest BCUT2D eigenvalue weighted by Gasteiger charge is -2.20. The number of hydrogen-bond donors (Lipinski definition) is 1. The van der Waals surface area contributed by atoms with E-state index in [-0.39, 0.29) is 5.91 Å². The summed E-state index contributed by atoms with van der Waals surface area (Å²) >= 11 is 0. The first-order valence-electron chi connectivity index (χ1n) is 7.10. The van der Waals surface area contributed by atoms with Gasteiger partial charge in [-0.2, -0.15) is 0 Å². The van der Waals surface area contributed by atoms with Gasteiger partial charge in [-0.3, -0.25) is 4.79 Å². The largest absolute Gasteiger partial charge is 0.361 e. The van der Waals surface area contributed by atoms with Crippen molar-refractivity contribution in [2.24, 2.45) is 5.92 Å². The van der Waals surface area contributed by atoms with Gasteiger partial charge in [-0.1, -0.05) is 6.92 Å². The van der Waals surface area contributed by atoms with Crippen molar-refractivity contribution in [2.45, 2.75) is 26.2 Å². The van der Waals surface area contributed by atoms with Gasteiger partial charge in [0.25, 0.3) is 5.91 Å². The third-order valence-corrected chi connectivity index (χ3v) is 4.10. The number of H-pyrrole nitrogens is 1. The van der Waals surface area contributed by atoms with Gasteiger partial charge in [0.15, 0.2) is 0 Å². The van der Waals surface area contributed by atoms with Crippen LogP contribution < -0.4 is 0 Å². The van der Waals surface area contributed by atoms with Crippen LogP contribution in [0.1, 0.15) is 36.5 Å². The molecule has 0 saturated carbocycles. The molecule has 1 aromatic heterocycles. The number of amides is 1. The highest BCUT2D eigenvalue weighted by Gasteiger charge is 2.19. The van der Waals surface area contributed by atoms with E-state index in [0.717, 1.165) is 48.3 Å². The number of benzene rings is 1. The fourth-order valence-electron chi connectivity index (χ4n) is 2.83. The first-order chi connectivity index (χ1) is 9.24. The molecular formula is C16H20N2O. The lowest BCUT2D eigenvalue weighted by Crippen LogP contribution is -2.31. The molecule has 1 fully saturated rings. The minimum Gasteiger partial charge on any atom is -0.361 e. The smallest absolute Gasteiger partial charge is 0.253 e. The highest BCUT2D eigenvalue weighted by molar-refractivity contribution is 5.98. The number of rotatable bonds is 1.